The normalized spacial score (nSPS) is 16.2. The Balaban J connectivity index is 2.54. The average molecular weight is 314 g/mol. The maximum absolute atomic E-state index is 13.8. The molecule has 2 rings (SSSR count). The third-order valence-electron chi connectivity index (χ3n) is 2.99. The molecule has 96 valence electrons. The van der Waals surface area contributed by atoms with E-state index in [2.05, 4.69) is 20.9 Å². The van der Waals surface area contributed by atoms with Gasteiger partial charge < -0.3 is 4.74 Å². The minimum atomic E-state index is -0.647. The topological polar surface area (TPSA) is 38.7 Å². The van der Waals surface area contributed by atoms with Gasteiger partial charge in [-0.15, -0.1) is 0 Å². The maximum Gasteiger partial charge on any atom is 0.353 e. The van der Waals surface area contributed by atoms with E-state index in [9.17, 15) is 9.18 Å². The van der Waals surface area contributed by atoms with E-state index >= 15 is 0 Å². The van der Waals surface area contributed by atoms with Gasteiger partial charge in [-0.2, -0.15) is 0 Å². The number of esters is 1. The molecule has 1 aromatic carbocycles. The lowest BCUT2D eigenvalue weighted by atomic mass is 9.81. The largest absolute Gasteiger partial charge is 0.461 e. The van der Waals surface area contributed by atoms with Crippen molar-refractivity contribution >= 4 is 33.3 Å². The van der Waals surface area contributed by atoms with Crippen LogP contribution in [0.4, 0.5) is 10.1 Å². The molecule has 1 aromatic rings. The van der Waals surface area contributed by atoms with Gasteiger partial charge in [0.15, 0.2) is 0 Å². The van der Waals surface area contributed by atoms with Gasteiger partial charge in [0.05, 0.1) is 6.61 Å². The van der Waals surface area contributed by atoms with Gasteiger partial charge in [-0.1, -0.05) is 15.9 Å². The molecular formula is C13H13BrFNO2. The summed E-state index contributed by atoms with van der Waals surface area (Å²) in [6.07, 6.45) is 0. The highest BCUT2D eigenvalue weighted by molar-refractivity contribution is 9.10. The van der Waals surface area contributed by atoms with Gasteiger partial charge >= 0.3 is 5.97 Å². The lowest BCUT2D eigenvalue weighted by Gasteiger charge is -2.21. The Morgan fingerprint density at radius 3 is 2.78 bits per heavy atom. The molecule has 1 aliphatic heterocycles. The molecule has 0 saturated heterocycles. The van der Waals surface area contributed by atoms with Crippen LogP contribution in [0.25, 0.3) is 0 Å². The van der Waals surface area contributed by atoms with Crippen molar-refractivity contribution in [3.05, 3.63) is 28.0 Å². The highest BCUT2D eigenvalue weighted by Crippen LogP contribution is 2.43. The smallest absolute Gasteiger partial charge is 0.353 e. The van der Waals surface area contributed by atoms with Crippen LogP contribution in [-0.2, 0) is 14.9 Å². The van der Waals surface area contributed by atoms with Crippen LogP contribution in [0.5, 0.6) is 0 Å². The Morgan fingerprint density at radius 2 is 2.17 bits per heavy atom. The molecule has 0 spiro atoms. The van der Waals surface area contributed by atoms with Crippen molar-refractivity contribution in [1.29, 1.82) is 0 Å². The van der Waals surface area contributed by atoms with Crippen molar-refractivity contribution in [1.82, 2.24) is 0 Å². The summed E-state index contributed by atoms with van der Waals surface area (Å²) in [5.74, 6) is -0.930. The van der Waals surface area contributed by atoms with Crippen molar-refractivity contribution in [2.24, 2.45) is 4.99 Å². The molecule has 0 aromatic heterocycles. The van der Waals surface area contributed by atoms with Crippen molar-refractivity contribution in [2.45, 2.75) is 26.2 Å². The minimum absolute atomic E-state index is 0.228. The number of halogens is 2. The number of hydrogen-bond donors (Lipinski definition) is 0. The molecule has 5 heteroatoms. The summed E-state index contributed by atoms with van der Waals surface area (Å²) in [6.45, 7) is 5.67. The SMILES string of the molecule is CCOC(=O)C1=Nc2c(F)cc(Br)cc2C1(C)C. The van der Waals surface area contributed by atoms with E-state index in [1.54, 1.807) is 13.0 Å². The zero-order valence-electron chi connectivity index (χ0n) is 10.4. The predicted octanol–water partition coefficient (Wildman–Crippen LogP) is 3.52. The molecule has 0 N–H and O–H groups in total. The van der Waals surface area contributed by atoms with Gasteiger partial charge in [0, 0.05) is 9.89 Å². The second-order valence-corrected chi connectivity index (χ2v) is 5.51. The Kier molecular flexibility index (Phi) is 3.27. The minimum Gasteiger partial charge on any atom is -0.461 e. The lowest BCUT2D eigenvalue weighted by molar-refractivity contribution is -0.135. The first-order chi connectivity index (χ1) is 8.37. The summed E-state index contributed by atoms with van der Waals surface area (Å²) in [5.41, 5.74) is 0.520. The summed E-state index contributed by atoms with van der Waals surface area (Å²) in [5, 5.41) is 0. The number of ether oxygens (including phenoxy) is 1. The number of benzene rings is 1. The highest BCUT2D eigenvalue weighted by atomic mass is 79.9. The Morgan fingerprint density at radius 1 is 1.50 bits per heavy atom. The summed E-state index contributed by atoms with van der Waals surface area (Å²) < 4.78 is 19.4. The summed E-state index contributed by atoms with van der Waals surface area (Å²) in [4.78, 5) is 15.9. The molecule has 18 heavy (non-hydrogen) atoms. The molecule has 0 fully saturated rings. The van der Waals surface area contributed by atoms with Crippen LogP contribution < -0.4 is 0 Å². The first-order valence-electron chi connectivity index (χ1n) is 5.63. The van der Waals surface area contributed by atoms with E-state index in [4.69, 9.17) is 4.74 Å². The van der Waals surface area contributed by atoms with E-state index in [0.717, 1.165) is 0 Å². The highest BCUT2D eigenvalue weighted by Gasteiger charge is 2.41. The van der Waals surface area contributed by atoms with Crippen molar-refractivity contribution in [3.63, 3.8) is 0 Å². The first-order valence-corrected chi connectivity index (χ1v) is 6.43. The quantitative estimate of drug-likeness (QED) is 0.784. The molecule has 1 heterocycles. The fourth-order valence-electron chi connectivity index (χ4n) is 2.04. The van der Waals surface area contributed by atoms with Gasteiger partial charge in [-0.3, -0.25) is 0 Å². The molecule has 0 bridgehead atoms. The Hall–Kier alpha value is -1.23. The van der Waals surface area contributed by atoms with E-state index in [0.29, 0.717) is 10.0 Å². The van der Waals surface area contributed by atoms with Gasteiger partial charge in [-0.05, 0) is 38.5 Å². The second kappa shape index (κ2) is 4.46. The summed E-state index contributed by atoms with van der Waals surface area (Å²) in [7, 11) is 0. The third kappa shape index (κ3) is 1.96. The lowest BCUT2D eigenvalue weighted by Crippen LogP contribution is -2.33. The zero-order chi connectivity index (χ0) is 13.5. The van der Waals surface area contributed by atoms with Gasteiger partial charge in [-0.25, -0.2) is 14.2 Å². The van der Waals surface area contributed by atoms with Crippen LogP contribution in [0.3, 0.4) is 0 Å². The molecule has 0 radical (unpaired) electrons. The number of fused-ring (bicyclic) bond motifs is 1. The van der Waals surface area contributed by atoms with Crippen molar-refractivity contribution in [3.8, 4) is 0 Å². The molecular weight excluding hydrogens is 301 g/mol. The van der Waals surface area contributed by atoms with Crippen LogP contribution in [0.2, 0.25) is 0 Å². The van der Waals surface area contributed by atoms with Crippen LogP contribution in [-0.4, -0.2) is 18.3 Å². The number of nitrogens with zero attached hydrogens (tertiary/aromatic N) is 1. The van der Waals surface area contributed by atoms with E-state index in [1.165, 1.54) is 6.07 Å². The average Bonchev–Trinajstić information content (AvgIpc) is 2.52. The molecule has 3 nitrogen and oxygen atoms in total. The monoisotopic (exact) mass is 313 g/mol. The first kappa shape index (κ1) is 13.2. The fourth-order valence-corrected chi connectivity index (χ4v) is 2.47. The van der Waals surface area contributed by atoms with Gasteiger partial charge in [0.2, 0.25) is 0 Å². The second-order valence-electron chi connectivity index (χ2n) is 4.59. The zero-order valence-corrected chi connectivity index (χ0v) is 12.0. The standard InChI is InChI=1S/C13H13BrFNO2/c1-4-18-12(17)11-13(2,3)8-5-7(14)6-9(15)10(8)16-11/h5-6H,4H2,1-3H3. The van der Waals surface area contributed by atoms with E-state index in [-0.39, 0.29) is 18.0 Å². The molecule has 0 unspecified atom stereocenters. The number of rotatable bonds is 2. The van der Waals surface area contributed by atoms with E-state index in [1.807, 2.05) is 13.8 Å². The molecule has 1 aliphatic rings. The summed E-state index contributed by atoms with van der Waals surface area (Å²) >= 11 is 3.25. The predicted molar refractivity (Wildman–Crippen MR) is 70.9 cm³/mol. The Labute approximate surface area is 113 Å². The van der Waals surface area contributed by atoms with Crippen LogP contribution in [0.1, 0.15) is 26.3 Å². The summed E-state index contributed by atoms with van der Waals surface area (Å²) in [6, 6.07) is 3.13. The number of carbonyl (C=O) groups excluding carboxylic acids is 1. The van der Waals surface area contributed by atoms with Crippen LogP contribution in [0.15, 0.2) is 21.6 Å². The fraction of sp³-hybridized carbons (Fsp3) is 0.385. The Bertz CT molecular complexity index is 552. The van der Waals surface area contributed by atoms with E-state index < -0.39 is 17.2 Å². The van der Waals surface area contributed by atoms with Crippen molar-refractivity contribution < 1.29 is 13.9 Å². The number of aliphatic imine (C=N–C) groups is 1. The van der Waals surface area contributed by atoms with Crippen LogP contribution >= 0.6 is 15.9 Å². The van der Waals surface area contributed by atoms with Crippen molar-refractivity contribution in [2.75, 3.05) is 6.61 Å². The third-order valence-corrected chi connectivity index (χ3v) is 3.44. The maximum atomic E-state index is 13.8. The molecule has 0 saturated carbocycles. The molecule has 0 aliphatic carbocycles. The van der Waals surface area contributed by atoms with Crippen LogP contribution in [0, 0.1) is 5.82 Å². The van der Waals surface area contributed by atoms with Gasteiger partial charge in [0.25, 0.3) is 0 Å². The molecule has 0 amide bonds. The van der Waals surface area contributed by atoms with Gasteiger partial charge in [0.1, 0.15) is 17.2 Å². The number of carbonyl (C=O) groups is 1. The number of hydrogen-bond acceptors (Lipinski definition) is 3. The molecule has 0 atom stereocenters.